The molecular formula is C16H25IN6O. The van der Waals surface area contributed by atoms with Gasteiger partial charge in [-0.3, -0.25) is 4.99 Å². The molecule has 0 aliphatic rings. The molecule has 0 aliphatic heterocycles. The average Bonchev–Trinajstić information content (AvgIpc) is 3.05. The van der Waals surface area contributed by atoms with E-state index >= 15 is 0 Å². The van der Waals surface area contributed by atoms with Crippen LogP contribution in [0, 0.1) is 0 Å². The summed E-state index contributed by atoms with van der Waals surface area (Å²) in [6.45, 7) is 4.31. The van der Waals surface area contributed by atoms with Gasteiger partial charge in [0, 0.05) is 33.1 Å². The Labute approximate surface area is 159 Å². The number of nitrogens with zero attached hydrogens (tertiary/aromatic N) is 4. The second kappa shape index (κ2) is 10.8. The molecule has 24 heavy (non-hydrogen) atoms. The van der Waals surface area contributed by atoms with E-state index in [9.17, 15) is 0 Å². The number of hydrogen-bond donors (Lipinski definition) is 2. The zero-order valence-electron chi connectivity index (χ0n) is 14.3. The lowest BCUT2D eigenvalue weighted by Gasteiger charge is -2.13. The quantitative estimate of drug-likeness (QED) is 0.387. The summed E-state index contributed by atoms with van der Waals surface area (Å²) < 4.78 is 7.27. The fraction of sp³-hybridized carbons (Fsp3) is 0.438. The summed E-state index contributed by atoms with van der Waals surface area (Å²) in [6, 6.07) is 7.96. The second-order valence-corrected chi connectivity index (χ2v) is 5.00. The molecule has 0 amide bonds. The molecule has 2 N–H and O–H groups in total. The van der Waals surface area contributed by atoms with E-state index in [0.29, 0.717) is 6.54 Å². The van der Waals surface area contributed by atoms with E-state index < -0.39 is 0 Å². The normalized spacial score (nSPS) is 10.9. The summed E-state index contributed by atoms with van der Waals surface area (Å²) in [5, 5.41) is 14.6. The van der Waals surface area contributed by atoms with E-state index in [4.69, 9.17) is 4.74 Å². The van der Waals surface area contributed by atoms with Crippen molar-refractivity contribution >= 4 is 29.9 Å². The highest BCUT2D eigenvalue weighted by molar-refractivity contribution is 14.0. The van der Waals surface area contributed by atoms with Gasteiger partial charge < -0.3 is 19.9 Å². The van der Waals surface area contributed by atoms with E-state index in [1.54, 1.807) is 20.5 Å². The predicted molar refractivity (Wildman–Crippen MR) is 106 cm³/mol. The van der Waals surface area contributed by atoms with Gasteiger partial charge in [0.2, 0.25) is 0 Å². The van der Waals surface area contributed by atoms with Gasteiger partial charge in [0.05, 0.1) is 7.11 Å². The minimum absolute atomic E-state index is 0. The standard InChI is InChI=1S/C16H24N6O.HI/c1-4-15-21-20-12-22(15)9-8-18-16(17-2)19-11-13-6-5-7-14(10-13)23-3;/h5-7,10,12H,4,8-9,11H2,1-3H3,(H2,17,18,19);1H. The monoisotopic (exact) mass is 444 g/mol. The van der Waals surface area contributed by atoms with Crippen LogP contribution in [0.3, 0.4) is 0 Å². The molecular weight excluding hydrogens is 419 g/mol. The molecule has 132 valence electrons. The molecule has 0 saturated carbocycles. The van der Waals surface area contributed by atoms with Crippen LogP contribution in [0.5, 0.6) is 5.75 Å². The van der Waals surface area contributed by atoms with Gasteiger partial charge in [0.25, 0.3) is 0 Å². The lowest BCUT2D eigenvalue weighted by molar-refractivity contribution is 0.414. The number of methoxy groups -OCH3 is 1. The van der Waals surface area contributed by atoms with Crippen molar-refractivity contribution in [1.29, 1.82) is 0 Å². The van der Waals surface area contributed by atoms with Crippen LogP contribution in [-0.4, -0.2) is 41.4 Å². The Kier molecular flexibility index (Phi) is 9.13. The summed E-state index contributed by atoms with van der Waals surface area (Å²) >= 11 is 0. The minimum Gasteiger partial charge on any atom is -0.497 e. The van der Waals surface area contributed by atoms with Crippen molar-refractivity contribution in [1.82, 2.24) is 25.4 Å². The van der Waals surface area contributed by atoms with Gasteiger partial charge in [-0.2, -0.15) is 0 Å². The first-order chi connectivity index (χ1) is 11.3. The second-order valence-electron chi connectivity index (χ2n) is 5.00. The fourth-order valence-electron chi connectivity index (χ4n) is 2.22. The summed E-state index contributed by atoms with van der Waals surface area (Å²) in [4.78, 5) is 4.23. The smallest absolute Gasteiger partial charge is 0.191 e. The van der Waals surface area contributed by atoms with Crippen molar-refractivity contribution in [3.05, 3.63) is 42.0 Å². The molecule has 1 aromatic heterocycles. The highest BCUT2D eigenvalue weighted by Gasteiger charge is 2.03. The van der Waals surface area contributed by atoms with E-state index in [0.717, 1.165) is 42.6 Å². The summed E-state index contributed by atoms with van der Waals surface area (Å²) in [5.74, 6) is 2.61. The molecule has 7 nitrogen and oxygen atoms in total. The van der Waals surface area contributed by atoms with Crippen LogP contribution >= 0.6 is 24.0 Å². The number of ether oxygens (including phenoxy) is 1. The summed E-state index contributed by atoms with van der Waals surface area (Å²) in [5.41, 5.74) is 1.14. The van der Waals surface area contributed by atoms with E-state index in [1.165, 1.54) is 0 Å². The van der Waals surface area contributed by atoms with Gasteiger partial charge in [-0.05, 0) is 17.7 Å². The highest BCUT2D eigenvalue weighted by atomic mass is 127. The van der Waals surface area contributed by atoms with E-state index in [1.807, 2.05) is 28.8 Å². The molecule has 0 aliphatic carbocycles. The van der Waals surface area contributed by atoms with Crippen molar-refractivity contribution in [2.75, 3.05) is 20.7 Å². The first-order valence-electron chi connectivity index (χ1n) is 7.71. The first-order valence-corrected chi connectivity index (χ1v) is 7.71. The third-order valence-electron chi connectivity index (χ3n) is 3.47. The van der Waals surface area contributed by atoms with Crippen molar-refractivity contribution in [3.63, 3.8) is 0 Å². The third kappa shape index (κ3) is 5.99. The Morgan fingerprint density at radius 2 is 2.17 bits per heavy atom. The Balaban J connectivity index is 0.00000288. The number of halogens is 1. The minimum atomic E-state index is 0. The van der Waals surface area contributed by atoms with Gasteiger partial charge in [0.1, 0.15) is 17.9 Å². The van der Waals surface area contributed by atoms with Crippen LogP contribution < -0.4 is 15.4 Å². The Morgan fingerprint density at radius 3 is 2.88 bits per heavy atom. The van der Waals surface area contributed by atoms with Crippen LogP contribution in [0.2, 0.25) is 0 Å². The lowest BCUT2D eigenvalue weighted by atomic mass is 10.2. The number of benzene rings is 1. The lowest BCUT2D eigenvalue weighted by Crippen LogP contribution is -2.38. The van der Waals surface area contributed by atoms with Crippen LogP contribution in [0.15, 0.2) is 35.6 Å². The SMILES string of the molecule is CCc1nncn1CCNC(=NC)NCc1cccc(OC)c1.I. The maximum atomic E-state index is 5.23. The molecule has 2 aromatic rings. The Bertz CT molecular complexity index is 643. The molecule has 0 spiro atoms. The van der Waals surface area contributed by atoms with Gasteiger partial charge in [-0.25, -0.2) is 0 Å². The van der Waals surface area contributed by atoms with E-state index in [2.05, 4.69) is 32.7 Å². The highest BCUT2D eigenvalue weighted by Crippen LogP contribution is 2.11. The fourth-order valence-corrected chi connectivity index (χ4v) is 2.22. The van der Waals surface area contributed by atoms with Crippen LogP contribution in [-0.2, 0) is 19.5 Å². The number of aliphatic imine (C=N–C) groups is 1. The molecule has 1 heterocycles. The molecule has 0 unspecified atom stereocenters. The van der Waals surface area contributed by atoms with Gasteiger partial charge in [-0.1, -0.05) is 19.1 Å². The number of guanidine groups is 1. The van der Waals surface area contributed by atoms with E-state index in [-0.39, 0.29) is 24.0 Å². The maximum Gasteiger partial charge on any atom is 0.191 e. The summed E-state index contributed by atoms with van der Waals surface area (Å²) in [6.07, 6.45) is 2.63. The van der Waals surface area contributed by atoms with Crippen LogP contribution in [0.25, 0.3) is 0 Å². The Morgan fingerprint density at radius 1 is 1.33 bits per heavy atom. The average molecular weight is 444 g/mol. The van der Waals surface area contributed by atoms with Gasteiger partial charge >= 0.3 is 0 Å². The molecule has 0 atom stereocenters. The number of aryl methyl sites for hydroxylation is 1. The Hall–Kier alpha value is -1.84. The van der Waals surface area contributed by atoms with Gasteiger partial charge in [0.15, 0.2) is 5.96 Å². The first kappa shape index (κ1) is 20.2. The third-order valence-corrected chi connectivity index (χ3v) is 3.47. The predicted octanol–water partition coefficient (Wildman–Crippen LogP) is 1.83. The van der Waals surface area contributed by atoms with Crippen molar-refractivity contribution in [2.45, 2.75) is 26.4 Å². The van der Waals surface area contributed by atoms with Crippen LogP contribution in [0.4, 0.5) is 0 Å². The maximum absolute atomic E-state index is 5.23. The number of rotatable bonds is 7. The topological polar surface area (TPSA) is 76.4 Å². The summed E-state index contributed by atoms with van der Waals surface area (Å²) in [7, 11) is 3.43. The molecule has 1 aromatic carbocycles. The van der Waals surface area contributed by atoms with Gasteiger partial charge in [-0.15, -0.1) is 34.2 Å². The molecule has 0 radical (unpaired) electrons. The molecule has 0 bridgehead atoms. The largest absolute Gasteiger partial charge is 0.497 e. The zero-order chi connectivity index (χ0) is 16.5. The van der Waals surface area contributed by atoms with Crippen molar-refractivity contribution < 1.29 is 4.74 Å². The molecule has 0 saturated heterocycles. The van der Waals surface area contributed by atoms with Crippen molar-refractivity contribution in [3.8, 4) is 5.75 Å². The number of hydrogen-bond acceptors (Lipinski definition) is 4. The zero-order valence-corrected chi connectivity index (χ0v) is 16.7. The molecule has 2 rings (SSSR count). The number of nitrogens with one attached hydrogen (secondary N) is 2. The molecule has 8 heteroatoms. The molecule has 0 fully saturated rings. The van der Waals surface area contributed by atoms with Crippen molar-refractivity contribution in [2.24, 2.45) is 4.99 Å². The number of aromatic nitrogens is 3. The van der Waals surface area contributed by atoms with Crippen LogP contribution in [0.1, 0.15) is 18.3 Å².